The van der Waals surface area contributed by atoms with E-state index in [1.165, 1.54) is 15.6 Å². The zero-order valence-corrected chi connectivity index (χ0v) is 12.8. The number of fused-ring (bicyclic) bond motifs is 1. The summed E-state index contributed by atoms with van der Waals surface area (Å²) in [6, 6.07) is 14.4. The van der Waals surface area contributed by atoms with Gasteiger partial charge in [-0.25, -0.2) is 0 Å². The lowest BCUT2D eigenvalue weighted by molar-refractivity contribution is 0.721. The maximum atomic E-state index is 6.39. The topological polar surface area (TPSA) is 26.0 Å². The number of nitrogens with two attached hydrogens (primary N) is 1. The van der Waals surface area contributed by atoms with Crippen molar-refractivity contribution in [3.05, 3.63) is 69.6 Å². The number of halogens is 1. The fraction of sp³-hybridized carbons (Fsp3) is 0.176. The molecule has 0 saturated carbocycles. The van der Waals surface area contributed by atoms with Gasteiger partial charge in [-0.3, -0.25) is 0 Å². The molecular formula is C17H16ClNS. The molecule has 0 aliphatic rings. The summed E-state index contributed by atoms with van der Waals surface area (Å²) in [4.78, 5) is 0. The molecule has 2 N–H and O–H groups in total. The first kappa shape index (κ1) is 13.6. The zero-order chi connectivity index (χ0) is 14.1. The third kappa shape index (κ3) is 2.47. The van der Waals surface area contributed by atoms with Crippen molar-refractivity contribution in [2.45, 2.75) is 19.4 Å². The summed E-state index contributed by atoms with van der Waals surface area (Å²) >= 11 is 7.96. The van der Waals surface area contributed by atoms with Crippen molar-refractivity contribution in [3.8, 4) is 0 Å². The minimum Gasteiger partial charge on any atom is -0.324 e. The van der Waals surface area contributed by atoms with Crippen molar-refractivity contribution in [2.24, 2.45) is 5.73 Å². The van der Waals surface area contributed by atoms with Crippen LogP contribution in [0.15, 0.2) is 47.8 Å². The number of thiophene rings is 1. The molecule has 1 heterocycles. The highest BCUT2D eigenvalue weighted by atomic mass is 35.5. The fourth-order valence-electron chi connectivity index (χ4n) is 2.56. The molecule has 0 bridgehead atoms. The van der Waals surface area contributed by atoms with Crippen molar-refractivity contribution >= 4 is 33.0 Å². The van der Waals surface area contributed by atoms with Crippen molar-refractivity contribution < 1.29 is 0 Å². The Morgan fingerprint density at radius 3 is 2.80 bits per heavy atom. The SMILES string of the molecule is Cc1c(Cl)cccc1C(N)Cc1csc2ccccc12. The normalized spacial score (nSPS) is 12.8. The van der Waals surface area contributed by atoms with E-state index < -0.39 is 0 Å². The molecule has 3 rings (SSSR count). The summed E-state index contributed by atoms with van der Waals surface area (Å²) in [5, 5.41) is 4.31. The average molecular weight is 302 g/mol. The molecule has 0 aliphatic heterocycles. The quantitative estimate of drug-likeness (QED) is 0.715. The van der Waals surface area contributed by atoms with E-state index in [9.17, 15) is 0 Å². The van der Waals surface area contributed by atoms with Crippen molar-refractivity contribution in [1.29, 1.82) is 0 Å². The van der Waals surface area contributed by atoms with E-state index >= 15 is 0 Å². The summed E-state index contributed by atoms with van der Waals surface area (Å²) < 4.78 is 1.32. The summed E-state index contributed by atoms with van der Waals surface area (Å²) in [6.45, 7) is 2.03. The monoisotopic (exact) mass is 301 g/mol. The van der Waals surface area contributed by atoms with Gasteiger partial charge in [-0.2, -0.15) is 0 Å². The molecule has 1 nitrogen and oxygen atoms in total. The maximum Gasteiger partial charge on any atom is 0.0438 e. The third-order valence-corrected chi connectivity index (χ3v) is 5.13. The largest absolute Gasteiger partial charge is 0.324 e. The molecule has 2 aromatic carbocycles. The second-order valence-corrected chi connectivity index (χ2v) is 6.34. The molecule has 0 spiro atoms. The molecule has 102 valence electrons. The van der Waals surface area contributed by atoms with Gasteiger partial charge in [-0.15, -0.1) is 11.3 Å². The van der Waals surface area contributed by atoms with Crippen LogP contribution in [-0.4, -0.2) is 0 Å². The molecule has 3 aromatic rings. The van der Waals surface area contributed by atoms with E-state index in [0.29, 0.717) is 0 Å². The first-order valence-corrected chi connectivity index (χ1v) is 7.88. The smallest absolute Gasteiger partial charge is 0.0438 e. The molecule has 1 aromatic heterocycles. The van der Waals surface area contributed by atoms with E-state index in [1.54, 1.807) is 11.3 Å². The molecule has 3 heteroatoms. The number of rotatable bonds is 3. The van der Waals surface area contributed by atoms with Crippen LogP contribution in [0.5, 0.6) is 0 Å². The molecule has 0 aliphatic carbocycles. The second kappa shape index (κ2) is 5.57. The van der Waals surface area contributed by atoms with Crippen LogP contribution in [0.2, 0.25) is 5.02 Å². The number of hydrogen-bond donors (Lipinski definition) is 1. The minimum absolute atomic E-state index is 0.0216. The Morgan fingerprint density at radius 2 is 1.95 bits per heavy atom. The standard InChI is InChI=1S/C17H16ClNS/c1-11-13(6-4-7-15(11)18)16(19)9-12-10-20-17-8-3-2-5-14(12)17/h2-8,10,16H,9,19H2,1H3. The summed E-state index contributed by atoms with van der Waals surface area (Å²) in [5.41, 5.74) is 9.93. The zero-order valence-electron chi connectivity index (χ0n) is 11.3. The molecule has 0 fully saturated rings. The van der Waals surface area contributed by atoms with E-state index in [4.69, 9.17) is 17.3 Å². The first-order valence-electron chi connectivity index (χ1n) is 6.62. The molecule has 0 saturated heterocycles. The van der Waals surface area contributed by atoms with Gasteiger partial charge in [0.15, 0.2) is 0 Å². The molecule has 20 heavy (non-hydrogen) atoms. The van der Waals surface area contributed by atoms with Crippen LogP contribution in [-0.2, 0) is 6.42 Å². The van der Waals surface area contributed by atoms with Gasteiger partial charge in [0.05, 0.1) is 0 Å². The van der Waals surface area contributed by atoms with Gasteiger partial charge in [0.2, 0.25) is 0 Å². The summed E-state index contributed by atoms with van der Waals surface area (Å²) in [5.74, 6) is 0. The number of hydrogen-bond acceptors (Lipinski definition) is 2. The lowest BCUT2D eigenvalue weighted by atomic mass is 9.96. The Balaban J connectivity index is 1.92. The van der Waals surface area contributed by atoms with Crippen molar-refractivity contribution in [2.75, 3.05) is 0 Å². The maximum absolute atomic E-state index is 6.39. The lowest BCUT2D eigenvalue weighted by Crippen LogP contribution is -2.14. The Labute approximate surface area is 128 Å². The summed E-state index contributed by atoms with van der Waals surface area (Å²) in [6.07, 6.45) is 0.838. The molecular weight excluding hydrogens is 286 g/mol. The van der Waals surface area contributed by atoms with Crippen LogP contribution >= 0.6 is 22.9 Å². The van der Waals surface area contributed by atoms with E-state index in [2.05, 4.69) is 35.7 Å². The van der Waals surface area contributed by atoms with Gasteiger partial charge in [0.25, 0.3) is 0 Å². The Kier molecular flexibility index (Phi) is 3.79. The van der Waals surface area contributed by atoms with E-state index in [0.717, 1.165) is 22.6 Å². The molecule has 0 amide bonds. The minimum atomic E-state index is -0.0216. The molecule has 1 atom stereocenters. The van der Waals surface area contributed by atoms with Gasteiger partial charge in [-0.05, 0) is 52.9 Å². The Hall–Kier alpha value is -1.35. The highest BCUT2D eigenvalue weighted by Crippen LogP contribution is 2.30. The van der Waals surface area contributed by atoms with Gasteiger partial charge >= 0.3 is 0 Å². The van der Waals surface area contributed by atoms with Crippen LogP contribution < -0.4 is 5.73 Å². The third-order valence-electron chi connectivity index (χ3n) is 3.71. The molecule has 1 unspecified atom stereocenters. The van der Waals surface area contributed by atoms with E-state index in [1.807, 2.05) is 19.1 Å². The predicted molar refractivity (Wildman–Crippen MR) is 88.6 cm³/mol. The van der Waals surface area contributed by atoms with Crippen LogP contribution in [0.4, 0.5) is 0 Å². The predicted octanol–water partition coefficient (Wildman–Crippen LogP) is 5.11. The highest BCUT2D eigenvalue weighted by Gasteiger charge is 2.13. The molecule has 0 radical (unpaired) electrons. The lowest BCUT2D eigenvalue weighted by Gasteiger charge is -2.15. The van der Waals surface area contributed by atoms with Crippen LogP contribution in [0.25, 0.3) is 10.1 Å². The van der Waals surface area contributed by atoms with Gasteiger partial charge in [0.1, 0.15) is 0 Å². The number of benzene rings is 2. The van der Waals surface area contributed by atoms with E-state index in [-0.39, 0.29) is 6.04 Å². The van der Waals surface area contributed by atoms with Gasteiger partial charge < -0.3 is 5.73 Å². The van der Waals surface area contributed by atoms with Gasteiger partial charge in [-0.1, -0.05) is 41.9 Å². The van der Waals surface area contributed by atoms with Crippen LogP contribution in [0, 0.1) is 6.92 Å². The van der Waals surface area contributed by atoms with Crippen molar-refractivity contribution in [1.82, 2.24) is 0 Å². The average Bonchev–Trinajstić information content (AvgIpc) is 2.85. The summed E-state index contributed by atoms with van der Waals surface area (Å²) in [7, 11) is 0. The van der Waals surface area contributed by atoms with Crippen molar-refractivity contribution in [3.63, 3.8) is 0 Å². The first-order chi connectivity index (χ1) is 9.66. The highest BCUT2D eigenvalue weighted by molar-refractivity contribution is 7.17. The van der Waals surface area contributed by atoms with Crippen LogP contribution in [0.3, 0.4) is 0 Å². The van der Waals surface area contributed by atoms with Crippen LogP contribution in [0.1, 0.15) is 22.7 Å². The Bertz CT molecular complexity index is 748. The Morgan fingerprint density at radius 1 is 1.15 bits per heavy atom. The second-order valence-electron chi connectivity index (χ2n) is 5.02. The fourth-order valence-corrected chi connectivity index (χ4v) is 3.72. The van der Waals surface area contributed by atoms with Gasteiger partial charge in [0, 0.05) is 15.8 Å².